The minimum Gasteiger partial charge on any atom is -0.492 e. The van der Waals surface area contributed by atoms with Gasteiger partial charge in [-0.05, 0) is 54.8 Å². The molecule has 1 saturated carbocycles. The molecule has 1 N–H and O–H groups in total. The molecule has 0 heterocycles. The Kier molecular flexibility index (Phi) is 10.9. The van der Waals surface area contributed by atoms with E-state index in [1.165, 1.54) is 7.11 Å². The molecule has 0 saturated heterocycles. The lowest BCUT2D eigenvalue weighted by Crippen LogP contribution is -2.38. The fourth-order valence-corrected chi connectivity index (χ4v) is 5.94. The number of nitrogens with zero attached hydrogens (tertiary/aromatic N) is 1. The maximum Gasteiger partial charge on any atom is 0.328 e. The molecule has 45 heavy (non-hydrogen) atoms. The van der Waals surface area contributed by atoms with Crippen LogP contribution in [0.2, 0.25) is 5.02 Å². The third-order valence-electron chi connectivity index (χ3n) is 8.08. The number of para-hydroxylation sites is 2. The first-order chi connectivity index (χ1) is 21.9. The molecule has 0 bridgehead atoms. The van der Waals surface area contributed by atoms with Crippen molar-refractivity contribution in [3.63, 3.8) is 0 Å². The summed E-state index contributed by atoms with van der Waals surface area (Å²) in [5.74, 6) is 0.173. The fourth-order valence-electron chi connectivity index (χ4n) is 5.70. The molecule has 1 atom stereocenters. The zero-order valence-electron chi connectivity index (χ0n) is 25.3. The number of methoxy groups -OCH3 is 1. The lowest BCUT2D eigenvalue weighted by atomic mass is 10.00. The lowest BCUT2D eigenvalue weighted by molar-refractivity contribution is -0.141. The Morgan fingerprint density at radius 2 is 1.53 bits per heavy atom. The molecule has 1 aliphatic carbocycles. The van der Waals surface area contributed by atoms with Gasteiger partial charge in [-0.3, -0.25) is 9.59 Å². The highest BCUT2D eigenvalue weighted by Crippen LogP contribution is 2.32. The SMILES string of the molecule is COC(=O)[C@H](Cc1ccc(OCCN(C(=O)C2CCCC2)c2ccccc2Cl)cc1)Nc1ccccc1C(=O)c1ccccc1. The Bertz CT molecular complexity index is 1600. The Hall–Kier alpha value is -4.62. The highest BCUT2D eigenvalue weighted by atomic mass is 35.5. The monoisotopic (exact) mass is 624 g/mol. The molecule has 1 fully saturated rings. The second kappa shape index (κ2) is 15.4. The average molecular weight is 625 g/mol. The third-order valence-corrected chi connectivity index (χ3v) is 8.40. The van der Waals surface area contributed by atoms with Crippen molar-refractivity contribution in [2.45, 2.75) is 38.1 Å². The van der Waals surface area contributed by atoms with Gasteiger partial charge in [-0.25, -0.2) is 4.79 Å². The summed E-state index contributed by atoms with van der Waals surface area (Å²) in [6, 6.07) is 30.3. The van der Waals surface area contributed by atoms with Crippen LogP contribution in [0.15, 0.2) is 103 Å². The van der Waals surface area contributed by atoms with Gasteiger partial charge in [0.1, 0.15) is 18.4 Å². The number of esters is 1. The summed E-state index contributed by atoms with van der Waals surface area (Å²) in [5.41, 5.74) is 3.17. The number of ketones is 1. The van der Waals surface area contributed by atoms with E-state index in [-0.39, 0.29) is 17.6 Å². The number of carbonyl (C=O) groups is 3. The molecular formula is C37H37ClN2O5. The Morgan fingerprint density at radius 3 is 2.24 bits per heavy atom. The van der Waals surface area contributed by atoms with Gasteiger partial charge in [-0.2, -0.15) is 0 Å². The molecular weight excluding hydrogens is 588 g/mol. The third kappa shape index (κ3) is 8.11. The average Bonchev–Trinajstić information content (AvgIpc) is 3.63. The first-order valence-electron chi connectivity index (χ1n) is 15.3. The van der Waals surface area contributed by atoms with E-state index in [1.54, 1.807) is 41.3 Å². The number of nitrogens with one attached hydrogen (secondary N) is 1. The van der Waals surface area contributed by atoms with Crippen molar-refractivity contribution >= 4 is 40.6 Å². The molecule has 1 aliphatic rings. The summed E-state index contributed by atoms with van der Waals surface area (Å²) in [4.78, 5) is 41.1. The summed E-state index contributed by atoms with van der Waals surface area (Å²) in [6.07, 6.45) is 4.27. The van der Waals surface area contributed by atoms with E-state index in [1.807, 2.05) is 66.7 Å². The number of halogens is 1. The summed E-state index contributed by atoms with van der Waals surface area (Å²) in [7, 11) is 1.35. The van der Waals surface area contributed by atoms with Crippen LogP contribution in [-0.2, 0) is 20.7 Å². The minimum atomic E-state index is -0.725. The van der Waals surface area contributed by atoms with E-state index >= 15 is 0 Å². The number of carbonyl (C=O) groups excluding carboxylic acids is 3. The van der Waals surface area contributed by atoms with Crippen LogP contribution in [0.25, 0.3) is 0 Å². The molecule has 1 amide bonds. The zero-order valence-corrected chi connectivity index (χ0v) is 26.0. The first-order valence-corrected chi connectivity index (χ1v) is 15.6. The van der Waals surface area contributed by atoms with E-state index in [9.17, 15) is 14.4 Å². The summed E-state index contributed by atoms with van der Waals surface area (Å²) < 4.78 is 11.1. The van der Waals surface area contributed by atoms with Gasteiger partial charge in [-0.1, -0.05) is 91.2 Å². The van der Waals surface area contributed by atoms with Crippen LogP contribution in [0.3, 0.4) is 0 Å². The van der Waals surface area contributed by atoms with Crippen LogP contribution < -0.4 is 15.0 Å². The highest BCUT2D eigenvalue weighted by Gasteiger charge is 2.29. The number of hydrogen-bond donors (Lipinski definition) is 1. The molecule has 232 valence electrons. The van der Waals surface area contributed by atoms with Gasteiger partial charge in [0.25, 0.3) is 0 Å². The van der Waals surface area contributed by atoms with Gasteiger partial charge >= 0.3 is 5.97 Å². The van der Waals surface area contributed by atoms with Crippen LogP contribution in [0.4, 0.5) is 11.4 Å². The van der Waals surface area contributed by atoms with Gasteiger partial charge in [0.2, 0.25) is 5.91 Å². The van der Waals surface area contributed by atoms with Crippen molar-refractivity contribution in [3.8, 4) is 5.75 Å². The van der Waals surface area contributed by atoms with Crippen LogP contribution in [0.5, 0.6) is 5.75 Å². The molecule has 0 aromatic heterocycles. The maximum absolute atomic E-state index is 13.4. The van der Waals surface area contributed by atoms with Gasteiger partial charge in [0, 0.05) is 29.2 Å². The molecule has 4 aromatic rings. The molecule has 0 radical (unpaired) electrons. The van der Waals surface area contributed by atoms with E-state index in [4.69, 9.17) is 21.1 Å². The number of hydrogen-bond acceptors (Lipinski definition) is 6. The van der Waals surface area contributed by atoms with Crippen molar-refractivity contribution in [2.75, 3.05) is 30.5 Å². The molecule has 0 spiro atoms. The smallest absolute Gasteiger partial charge is 0.328 e. The van der Waals surface area contributed by atoms with Crippen molar-refractivity contribution < 1.29 is 23.9 Å². The summed E-state index contributed by atoms with van der Waals surface area (Å²) >= 11 is 6.47. The number of rotatable bonds is 13. The number of anilines is 2. The lowest BCUT2D eigenvalue weighted by Gasteiger charge is -2.26. The predicted octanol–water partition coefficient (Wildman–Crippen LogP) is 7.37. The van der Waals surface area contributed by atoms with Crippen LogP contribution in [-0.4, -0.2) is 44.0 Å². The molecule has 5 rings (SSSR count). The Morgan fingerprint density at radius 1 is 0.867 bits per heavy atom. The van der Waals surface area contributed by atoms with Gasteiger partial charge in [0.05, 0.1) is 24.4 Å². The van der Waals surface area contributed by atoms with Gasteiger partial charge in [-0.15, -0.1) is 0 Å². The number of benzene rings is 4. The quantitative estimate of drug-likeness (QED) is 0.123. The van der Waals surface area contributed by atoms with Crippen molar-refractivity contribution in [3.05, 3.63) is 125 Å². The molecule has 7 nitrogen and oxygen atoms in total. The molecule has 0 unspecified atom stereocenters. The predicted molar refractivity (Wildman–Crippen MR) is 177 cm³/mol. The van der Waals surface area contributed by atoms with Gasteiger partial charge < -0.3 is 19.7 Å². The van der Waals surface area contributed by atoms with Crippen LogP contribution in [0, 0.1) is 5.92 Å². The van der Waals surface area contributed by atoms with E-state index in [0.717, 1.165) is 31.2 Å². The molecule has 0 aliphatic heterocycles. The van der Waals surface area contributed by atoms with E-state index in [2.05, 4.69) is 5.32 Å². The number of ether oxygens (including phenoxy) is 2. The van der Waals surface area contributed by atoms with E-state index < -0.39 is 12.0 Å². The van der Waals surface area contributed by atoms with Crippen LogP contribution in [0.1, 0.15) is 47.2 Å². The zero-order chi connectivity index (χ0) is 31.6. The largest absolute Gasteiger partial charge is 0.492 e. The standard InChI is InChI=1S/C37H37ClN2O5/c1-44-37(43)33(39-32-17-9-7-15-30(32)35(41)27-11-3-2-4-12-27)25-26-19-21-29(22-20-26)45-24-23-40(34-18-10-8-16-31(34)38)36(42)28-13-5-6-14-28/h2-4,7-12,15-22,28,33,39H,5-6,13-14,23-25H2,1H3/t33-/m0/s1. The number of amides is 1. The normalized spacial score (nSPS) is 13.6. The van der Waals surface area contributed by atoms with Crippen molar-refractivity contribution in [2.24, 2.45) is 5.92 Å². The van der Waals surface area contributed by atoms with E-state index in [0.29, 0.717) is 52.8 Å². The van der Waals surface area contributed by atoms with Crippen LogP contribution >= 0.6 is 11.6 Å². The second-order valence-electron chi connectivity index (χ2n) is 11.1. The summed E-state index contributed by atoms with van der Waals surface area (Å²) in [5, 5.41) is 3.77. The van der Waals surface area contributed by atoms with Crippen molar-refractivity contribution in [1.29, 1.82) is 0 Å². The topological polar surface area (TPSA) is 84.9 Å². The Balaban J connectivity index is 1.23. The second-order valence-corrected chi connectivity index (χ2v) is 11.5. The minimum absolute atomic E-state index is 0.0142. The van der Waals surface area contributed by atoms with Crippen molar-refractivity contribution in [1.82, 2.24) is 0 Å². The van der Waals surface area contributed by atoms with Gasteiger partial charge in [0.15, 0.2) is 5.78 Å². The molecule has 4 aromatic carbocycles. The maximum atomic E-state index is 13.4. The highest BCUT2D eigenvalue weighted by molar-refractivity contribution is 6.33. The molecule has 8 heteroatoms. The first kappa shape index (κ1) is 31.8. The fraction of sp³-hybridized carbons (Fsp3) is 0.270. The Labute approximate surface area is 269 Å². The summed E-state index contributed by atoms with van der Waals surface area (Å²) in [6.45, 7) is 0.665.